The zero-order chi connectivity index (χ0) is 28.5. The van der Waals surface area contributed by atoms with Crippen LogP contribution in [0.5, 0.6) is 5.75 Å². The minimum absolute atomic E-state index is 0.171. The standard InChI is InChI=1S/C30H31BrF2N2O4S/c1-20-17-24-11-12-25(18-20)35(24)29(36)28(30(32,33)22-7-9-23(31)10-8-22)34-40(37,38)27-15-13-26(14-16-27)39-19-21-5-3-2-4-6-21/h2-10,13-16,20,24-25,28,34H,11-12,17-19H2,1H3. The lowest BCUT2D eigenvalue weighted by Crippen LogP contribution is -2.59. The summed E-state index contributed by atoms with van der Waals surface area (Å²) in [5.74, 6) is -3.88. The molecule has 2 fully saturated rings. The summed E-state index contributed by atoms with van der Waals surface area (Å²) in [5, 5.41) is 0. The van der Waals surface area contributed by atoms with Crippen molar-refractivity contribution in [2.45, 2.75) is 68.2 Å². The molecule has 1 N–H and O–H groups in total. The molecule has 3 aromatic carbocycles. The van der Waals surface area contributed by atoms with Gasteiger partial charge in [-0.15, -0.1) is 0 Å². The van der Waals surface area contributed by atoms with Gasteiger partial charge in [0.15, 0.2) is 6.04 Å². The summed E-state index contributed by atoms with van der Waals surface area (Å²) < 4.78 is 67.4. The lowest BCUT2D eigenvalue weighted by atomic mass is 9.91. The van der Waals surface area contributed by atoms with Gasteiger partial charge >= 0.3 is 0 Å². The summed E-state index contributed by atoms with van der Waals surface area (Å²) in [4.78, 5) is 15.1. The molecule has 2 bridgehead atoms. The van der Waals surface area contributed by atoms with Gasteiger partial charge in [-0.2, -0.15) is 13.5 Å². The van der Waals surface area contributed by atoms with Crippen LogP contribution in [-0.4, -0.2) is 37.4 Å². The van der Waals surface area contributed by atoms with Gasteiger partial charge in [-0.25, -0.2) is 8.42 Å². The van der Waals surface area contributed by atoms with Gasteiger partial charge in [0.1, 0.15) is 12.4 Å². The van der Waals surface area contributed by atoms with Crippen molar-refractivity contribution < 1.29 is 26.7 Å². The maximum Gasteiger partial charge on any atom is 0.298 e. The number of hydrogen-bond acceptors (Lipinski definition) is 4. The fraction of sp³-hybridized carbons (Fsp3) is 0.367. The quantitative estimate of drug-likeness (QED) is 0.302. The Morgan fingerprint density at radius 2 is 1.60 bits per heavy atom. The first-order valence-corrected chi connectivity index (χ1v) is 15.6. The molecule has 2 aliphatic rings. The second-order valence-electron chi connectivity index (χ2n) is 10.6. The molecule has 1 amide bonds. The number of rotatable bonds is 9. The lowest BCUT2D eigenvalue weighted by Gasteiger charge is -2.41. The summed E-state index contributed by atoms with van der Waals surface area (Å²) in [7, 11) is -4.49. The predicted molar refractivity (Wildman–Crippen MR) is 151 cm³/mol. The molecule has 0 radical (unpaired) electrons. The number of amides is 1. The molecule has 0 saturated carbocycles. The zero-order valence-corrected chi connectivity index (χ0v) is 24.4. The first-order valence-electron chi connectivity index (χ1n) is 13.3. The zero-order valence-electron chi connectivity index (χ0n) is 22.0. The van der Waals surface area contributed by atoms with Gasteiger partial charge in [0.2, 0.25) is 15.9 Å². The van der Waals surface area contributed by atoms with Crippen LogP contribution < -0.4 is 9.46 Å². The van der Waals surface area contributed by atoms with Crippen LogP contribution in [0, 0.1) is 5.92 Å². The highest BCUT2D eigenvalue weighted by molar-refractivity contribution is 9.10. The van der Waals surface area contributed by atoms with E-state index in [2.05, 4.69) is 27.6 Å². The molecule has 40 heavy (non-hydrogen) atoms. The normalized spacial score (nSPS) is 21.7. The average Bonchev–Trinajstić information content (AvgIpc) is 3.21. The molecule has 2 saturated heterocycles. The van der Waals surface area contributed by atoms with Gasteiger partial charge < -0.3 is 9.64 Å². The number of alkyl halides is 2. The number of carbonyl (C=O) groups is 1. The van der Waals surface area contributed by atoms with E-state index in [1.807, 2.05) is 30.3 Å². The average molecular weight is 634 g/mol. The maximum atomic E-state index is 16.1. The molecular formula is C30H31BrF2N2O4S. The molecule has 10 heteroatoms. The number of nitrogens with one attached hydrogen (secondary N) is 1. The van der Waals surface area contributed by atoms with Crippen LogP contribution in [0.1, 0.15) is 43.7 Å². The number of sulfonamides is 1. The first kappa shape index (κ1) is 28.7. The van der Waals surface area contributed by atoms with E-state index in [1.54, 1.807) is 0 Å². The smallest absolute Gasteiger partial charge is 0.298 e. The summed E-state index contributed by atoms with van der Waals surface area (Å²) >= 11 is 3.24. The third-order valence-electron chi connectivity index (χ3n) is 7.72. The topological polar surface area (TPSA) is 75.7 Å². The fourth-order valence-corrected chi connectivity index (χ4v) is 7.21. The monoisotopic (exact) mass is 632 g/mol. The van der Waals surface area contributed by atoms with Crippen LogP contribution in [0.2, 0.25) is 0 Å². The number of nitrogens with zero attached hydrogens (tertiary/aromatic N) is 1. The van der Waals surface area contributed by atoms with Gasteiger partial charge in [0.05, 0.1) is 4.90 Å². The van der Waals surface area contributed by atoms with E-state index < -0.39 is 33.5 Å². The van der Waals surface area contributed by atoms with Crippen LogP contribution in [0.25, 0.3) is 0 Å². The molecular weight excluding hydrogens is 602 g/mol. The SMILES string of the molecule is CC1CC2CCC(C1)N2C(=O)C(NS(=O)(=O)c1ccc(OCc2ccccc2)cc1)C(F)(F)c1ccc(Br)cc1. The second kappa shape index (κ2) is 11.6. The fourth-order valence-electron chi connectivity index (χ4n) is 5.76. The van der Waals surface area contributed by atoms with Gasteiger partial charge in [-0.05, 0) is 73.6 Å². The van der Waals surface area contributed by atoms with Crippen LogP contribution in [-0.2, 0) is 27.3 Å². The largest absolute Gasteiger partial charge is 0.489 e. The minimum Gasteiger partial charge on any atom is -0.489 e. The number of carbonyl (C=O) groups excluding carboxylic acids is 1. The molecule has 0 spiro atoms. The highest BCUT2D eigenvalue weighted by Gasteiger charge is 2.53. The molecule has 3 atom stereocenters. The van der Waals surface area contributed by atoms with E-state index in [1.165, 1.54) is 53.4 Å². The Labute approximate surface area is 241 Å². The summed E-state index contributed by atoms with van der Waals surface area (Å²) in [6.45, 7) is 2.38. The maximum absolute atomic E-state index is 16.1. The Bertz CT molecular complexity index is 1420. The van der Waals surface area contributed by atoms with E-state index in [4.69, 9.17) is 4.74 Å². The van der Waals surface area contributed by atoms with Crippen LogP contribution in [0.15, 0.2) is 88.2 Å². The molecule has 212 valence electrons. The Morgan fingerprint density at radius 3 is 2.20 bits per heavy atom. The minimum atomic E-state index is -4.49. The Kier molecular flexibility index (Phi) is 8.31. The number of hydrogen-bond donors (Lipinski definition) is 1. The number of benzene rings is 3. The van der Waals surface area contributed by atoms with Crippen molar-refractivity contribution in [1.82, 2.24) is 9.62 Å². The van der Waals surface area contributed by atoms with Crippen molar-refractivity contribution >= 4 is 31.9 Å². The van der Waals surface area contributed by atoms with Crippen molar-refractivity contribution in [3.63, 3.8) is 0 Å². The highest BCUT2D eigenvalue weighted by Crippen LogP contribution is 2.42. The number of piperidine rings is 1. The van der Waals surface area contributed by atoms with Crippen molar-refractivity contribution in [2.75, 3.05) is 0 Å². The molecule has 0 aromatic heterocycles. The molecule has 6 nitrogen and oxygen atoms in total. The molecule has 3 aromatic rings. The summed E-state index contributed by atoms with van der Waals surface area (Å²) in [6.07, 6.45) is 2.90. The summed E-state index contributed by atoms with van der Waals surface area (Å²) in [6, 6.07) is 17.6. The van der Waals surface area contributed by atoms with Crippen LogP contribution >= 0.6 is 15.9 Å². The number of halogens is 3. The van der Waals surface area contributed by atoms with Gasteiger partial charge in [-0.1, -0.05) is 65.3 Å². The van der Waals surface area contributed by atoms with Crippen LogP contribution in [0.3, 0.4) is 0 Å². The summed E-state index contributed by atoms with van der Waals surface area (Å²) in [5.41, 5.74) is 0.498. The van der Waals surface area contributed by atoms with Crippen LogP contribution in [0.4, 0.5) is 8.78 Å². The molecule has 3 unspecified atom stereocenters. The third-order valence-corrected chi connectivity index (χ3v) is 9.68. The van der Waals surface area contributed by atoms with E-state index in [9.17, 15) is 13.2 Å². The van der Waals surface area contributed by atoms with Crippen molar-refractivity contribution in [3.05, 3.63) is 94.5 Å². The first-order chi connectivity index (χ1) is 19.0. The van der Waals surface area contributed by atoms with E-state index in [0.717, 1.165) is 31.2 Å². The van der Waals surface area contributed by atoms with Gasteiger partial charge in [0.25, 0.3) is 5.92 Å². The Balaban J connectivity index is 1.41. The van der Waals surface area contributed by atoms with Gasteiger partial charge in [0, 0.05) is 22.1 Å². The van der Waals surface area contributed by atoms with Crippen molar-refractivity contribution in [2.24, 2.45) is 5.92 Å². The van der Waals surface area contributed by atoms with Gasteiger partial charge in [-0.3, -0.25) is 4.79 Å². The van der Waals surface area contributed by atoms with E-state index >= 15 is 8.78 Å². The number of fused-ring (bicyclic) bond motifs is 2. The Hall–Kier alpha value is -2.82. The molecule has 2 aliphatic heterocycles. The van der Waals surface area contributed by atoms with E-state index in [0.29, 0.717) is 16.1 Å². The van der Waals surface area contributed by atoms with Crippen molar-refractivity contribution in [1.29, 1.82) is 0 Å². The second-order valence-corrected chi connectivity index (χ2v) is 13.3. The highest BCUT2D eigenvalue weighted by atomic mass is 79.9. The Morgan fingerprint density at radius 1 is 1.00 bits per heavy atom. The molecule has 5 rings (SSSR count). The lowest BCUT2D eigenvalue weighted by molar-refractivity contribution is -0.149. The predicted octanol–water partition coefficient (Wildman–Crippen LogP) is 6.26. The molecule has 0 aliphatic carbocycles. The van der Waals surface area contributed by atoms with E-state index in [-0.39, 0.29) is 23.6 Å². The third kappa shape index (κ3) is 6.09. The number of ether oxygens (including phenoxy) is 1. The molecule has 2 heterocycles. The van der Waals surface area contributed by atoms with Crippen molar-refractivity contribution in [3.8, 4) is 5.75 Å².